The molecule has 1 N–H and O–H groups in total. The van der Waals surface area contributed by atoms with Crippen molar-refractivity contribution >= 4 is 34.5 Å². The number of fused-ring (bicyclic) bond motifs is 1. The zero-order chi connectivity index (χ0) is 17.4. The summed E-state index contributed by atoms with van der Waals surface area (Å²) in [6, 6.07) is 3.82. The van der Waals surface area contributed by atoms with Crippen molar-refractivity contribution in [3.05, 3.63) is 47.3 Å². The zero-order valence-corrected chi connectivity index (χ0v) is 13.9. The first-order valence-corrected chi connectivity index (χ1v) is 8.14. The van der Waals surface area contributed by atoms with Crippen LogP contribution in [0.1, 0.15) is 10.4 Å². The normalized spacial score (nSPS) is 15.0. The van der Waals surface area contributed by atoms with Crippen molar-refractivity contribution in [1.29, 1.82) is 0 Å². The van der Waals surface area contributed by atoms with E-state index in [9.17, 15) is 9.18 Å². The van der Waals surface area contributed by atoms with Crippen molar-refractivity contribution in [1.82, 2.24) is 24.8 Å². The molecule has 1 fully saturated rings. The van der Waals surface area contributed by atoms with Gasteiger partial charge in [0, 0.05) is 26.2 Å². The van der Waals surface area contributed by atoms with Crippen LogP contribution in [0.4, 0.5) is 10.2 Å². The molecule has 0 unspecified atom stereocenters. The summed E-state index contributed by atoms with van der Waals surface area (Å²) in [4.78, 5) is 32.0. The van der Waals surface area contributed by atoms with Crippen LogP contribution < -0.4 is 4.90 Å². The van der Waals surface area contributed by atoms with Gasteiger partial charge in [-0.1, -0.05) is 11.6 Å². The van der Waals surface area contributed by atoms with Gasteiger partial charge in [0.2, 0.25) is 0 Å². The van der Waals surface area contributed by atoms with Crippen LogP contribution in [0.15, 0.2) is 30.9 Å². The Balaban J connectivity index is 1.50. The van der Waals surface area contributed by atoms with E-state index in [0.717, 1.165) is 17.4 Å². The fourth-order valence-corrected chi connectivity index (χ4v) is 3.19. The second kappa shape index (κ2) is 6.29. The number of benzene rings is 1. The highest BCUT2D eigenvalue weighted by Crippen LogP contribution is 2.23. The number of aromatic nitrogens is 4. The van der Waals surface area contributed by atoms with Crippen LogP contribution in [0.2, 0.25) is 5.02 Å². The third kappa shape index (κ3) is 2.89. The Morgan fingerprint density at radius 1 is 1.16 bits per heavy atom. The smallest absolute Gasteiger partial charge is 0.255 e. The van der Waals surface area contributed by atoms with Crippen LogP contribution in [0.5, 0.6) is 0 Å². The average Bonchev–Trinajstić information content (AvgIpc) is 3.10. The van der Waals surface area contributed by atoms with Crippen LogP contribution in [0.25, 0.3) is 11.2 Å². The van der Waals surface area contributed by atoms with Gasteiger partial charge >= 0.3 is 0 Å². The summed E-state index contributed by atoms with van der Waals surface area (Å²) in [6.07, 6.45) is 3.06. The molecular weight excluding hydrogens is 347 g/mol. The van der Waals surface area contributed by atoms with E-state index < -0.39 is 5.82 Å². The van der Waals surface area contributed by atoms with Crippen LogP contribution in [0.3, 0.4) is 0 Å². The Morgan fingerprint density at radius 3 is 2.72 bits per heavy atom. The van der Waals surface area contributed by atoms with Crippen molar-refractivity contribution in [3.8, 4) is 0 Å². The molecule has 0 saturated carbocycles. The molecule has 0 atom stereocenters. The summed E-state index contributed by atoms with van der Waals surface area (Å²) in [6.45, 7) is 2.28. The molecule has 1 amide bonds. The molecule has 0 bridgehead atoms. The highest BCUT2D eigenvalue weighted by Gasteiger charge is 2.25. The zero-order valence-electron chi connectivity index (χ0n) is 13.1. The molecule has 9 heteroatoms. The van der Waals surface area contributed by atoms with Gasteiger partial charge < -0.3 is 14.8 Å². The molecule has 128 valence electrons. The number of H-pyrrole nitrogens is 1. The number of hydrogen-bond donors (Lipinski definition) is 1. The number of imidazole rings is 1. The Morgan fingerprint density at radius 2 is 1.96 bits per heavy atom. The molecule has 2 aromatic heterocycles. The van der Waals surface area contributed by atoms with Crippen LogP contribution in [-0.4, -0.2) is 56.9 Å². The number of aromatic amines is 1. The number of piperazine rings is 1. The monoisotopic (exact) mass is 360 g/mol. The Labute approximate surface area is 147 Å². The molecule has 7 nitrogen and oxygen atoms in total. The topological polar surface area (TPSA) is 78.0 Å². The van der Waals surface area contributed by atoms with Crippen molar-refractivity contribution in [2.75, 3.05) is 31.1 Å². The van der Waals surface area contributed by atoms with Gasteiger partial charge in [0.15, 0.2) is 11.5 Å². The van der Waals surface area contributed by atoms with Gasteiger partial charge in [0.05, 0.1) is 16.9 Å². The van der Waals surface area contributed by atoms with E-state index in [0.29, 0.717) is 37.4 Å². The van der Waals surface area contributed by atoms with Gasteiger partial charge in [-0.05, 0) is 18.2 Å². The Hall–Kier alpha value is -2.74. The van der Waals surface area contributed by atoms with Gasteiger partial charge in [-0.3, -0.25) is 4.79 Å². The second-order valence-electron chi connectivity index (χ2n) is 5.70. The Bertz CT molecular complexity index is 937. The van der Waals surface area contributed by atoms with Gasteiger partial charge in [-0.25, -0.2) is 19.3 Å². The van der Waals surface area contributed by atoms with Crippen LogP contribution >= 0.6 is 11.6 Å². The molecular formula is C16H14ClFN6O. The van der Waals surface area contributed by atoms with E-state index in [1.807, 2.05) is 0 Å². The van der Waals surface area contributed by atoms with Crippen molar-refractivity contribution in [2.45, 2.75) is 0 Å². The minimum absolute atomic E-state index is 0.127. The van der Waals surface area contributed by atoms with Crippen molar-refractivity contribution < 1.29 is 9.18 Å². The fourth-order valence-electron chi connectivity index (χ4n) is 2.95. The molecule has 1 aliphatic rings. The molecule has 1 saturated heterocycles. The molecule has 0 aliphatic carbocycles. The van der Waals surface area contributed by atoms with E-state index >= 15 is 0 Å². The van der Waals surface area contributed by atoms with E-state index in [1.165, 1.54) is 18.5 Å². The SMILES string of the molecule is O=C(c1ccc(F)cc1Cl)N1CCN(c2ncnc3nc[nH]c23)CC1. The number of hydrogen-bond acceptors (Lipinski definition) is 5. The molecule has 0 radical (unpaired) electrons. The van der Waals surface area contributed by atoms with Gasteiger partial charge in [0.1, 0.15) is 17.7 Å². The lowest BCUT2D eigenvalue weighted by Crippen LogP contribution is -2.49. The van der Waals surface area contributed by atoms with Gasteiger partial charge in [-0.15, -0.1) is 0 Å². The average molecular weight is 361 g/mol. The van der Waals surface area contributed by atoms with E-state index in [4.69, 9.17) is 11.6 Å². The number of carbonyl (C=O) groups excluding carboxylic acids is 1. The van der Waals surface area contributed by atoms with Gasteiger partial charge in [0.25, 0.3) is 5.91 Å². The number of amides is 1. The third-order valence-electron chi connectivity index (χ3n) is 4.23. The number of halogens is 2. The quantitative estimate of drug-likeness (QED) is 0.757. The summed E-state index contributed by atoms with van der Waals surface area (Å²) in [5.41, 5.74) is 1.71. The number of carbonyl (C=O) groups is 1. The lowest BCUT2D eigenvalue weighted by atomic mass is 10.1. The molecule has 3 heterocycles. The molecule has 1 aliphatic heterocycles. The maximum absolute atomic E-state index is 13.2. The fraction of sp³-hybridized carbons (Fsp3) is 0.250. The minimum atomic E-state index is -0.460. The predicted molar refractivity (Wildman–Crippen MR) is 91.2 cm³/mol. The molecule has 1 aromatic carbocycles. The van der Waals surface area contributed by atoms with E-state index in [2.05, 4.69) is 24.8 Å². The lowest BCUT2D eigenvalue weighted by Gasteiger charge is -2.35. The van der Waals surface area contributed by atoms with E-state index in [-0.39, 0.29) is 10.9 Å². The first-order chi connectivity index (χ1) is 12.1. The largest absolute Gasteiger partial charge is 0.351 e. The summed E-state index contributed by atoms with van der Waals surface area (Å²) in [7, 11) is 0. The number of rotatable bonds is 2. The molecule has 3 aromatic rings. The first kappa shape index (κ1) is 15.8. The summed E-state index contributed by atoms with van der Waals surface area (Å²) in [5, 5.41) is 0.127. The maximum Gasteiger partial charge on any atom is 0.255 e. The first-order valence-electron chi connectivity index (χ1n) is 7.77. The lowest BCUT2D eigenvalue weighted by molar-refractivity contribution is 0.0746. The standard InChI is InChI=1S/C16H14ClFN6O/c17-12-7-10(18)1-2-11(12)16(25)24-5-3-23(4-6-24)15-13-14(20-8-19-13)21-9-22-15/h1-2,7-9H,3-6H2,(H,19,20,21,22). The minimum Gasteiger partial charge on any atom is -0.351 e. The molecule has 25 heavy (non-hydrogen) atoms. The number of anilines is 1. The van der Waals surface area contributed by atoms with Crippen LogP contribution in [0, 0.1) is 5.82 Å². The predicted octanol–water partition coefficient (Wildman–Crippen LogP) is 2.11. The Kier molecular flexibility index (Phi) is 3.96. The summed E-state index contributed by atoms with van der Waals surface area (Å²) in [5.74, 6) is 0.118. The number of nitrogens with zero attached hydrogens (tertiary/aromatic N) is 5. The summed E-state index contributed by atoms with van der Waals surface area (Å²) < 4.78 is 13.2. The van der Waals surface area contributed by atoms with Crippen molar-refractivity contribution in [3.63, 3.8) is 0 Å². The maximum atomic E-state index is 13.2. The third-order valence-corrected chi connectivity index (χ3v) is 4.54. The highest BCUT2D eigenvalue weighted by atomic mass is 35.5. The van der Waals surface area contributed by atoms with Crippen LogP contribution in [-0.2, 0) is 0 Å². The highest BCUT2D eigenvalue weighted by molar-refractivity contribution is 6.33. The van der Waals surface area contributed by atoms with Gasteiger partial charge in [-0.2, -0.15) is 0 Å². The molecule has 4 rings (SSSR count). The number of nitrogens with one attached hydrogen (secondary N) is 1. The second-order valence-corrected chi connectivity index (χ2v) is 6.11. The molecule has 0 spiro atoms. The van der Waals surface area contributed by atoms with Crippen molar-refractivity contribution in [2.24, 2.45) is 0 Å². The van der Waals surface area contributed by atoms with E-state index in [1.54, 1.807) is 11.2 Å². The summed E-state index contributed by atoms with van der Waals surface area (Å²) >= 11 is 6.00.